The third kappa shape index (κ3) is 3.90. The highest BCUT2D eigenvalue weighted by atomic mass is 35.5. The van der Waals surface area contributed by atoms with Gasteiger partial charge in [-0.1, -0.05) is 0 Å². The number of halogens is 1. The van der Waals surface area contributed by atoms with Crippen molar-refractivity contribution in [2.45, 2.75) is 6.42 Å². The number of hydrogen-bond acceptors (Lipinski definition) is 6. The quantitative estimate of drug-likeness (QED) is 0.816. The SMILES string of the molecule is Cl.NCCCOc1ccc(-c2nncnn2)cc1. The molecule has 0 aliphatic carbocycles. The molecule has 0 atom stereocenters. The molecule has 0 bridgehead atoms. The van der Waals surface area contributed by atoms with E-state index in [0.717, 1.165) is 17.7 Å². The van der Waals surface area contributed by atoms with Crippen LogP contribution in [0.2, 0.25) is 0 Å². The van der Waals surface area contributed by atoms with Crippen molar-refractivity contribution in [3.8, 4) is 17.1 Å². The van der Waals surface area contributed by atoms with Crippen molar-refractivity contribution in [3.05, 3.63) is 30.6 Å². The van der Waals surface area contributed by atoms with Crippen LogP contribution in [-0.2, 0) is 0 Å². The molecule has 1 heterocycles. The van der Waals surface area contributed by atoms with Crippen molar-refractivity contribution in [2.24, 2.45) is 5.73 Å². The molecule has 1 aromatic heterocycles. The zero-order valence-electron chi connectivity index (χ0n) is 9.69. The summed E-state index contributed by atoms with van der Waals surface area (Å²) in [6, 6.07) is 7.47. The first-order chi connectivity index (χ1) is 8.40. The second-order valence-corrected chi connectivity index (χ2v) is 3.39. The molecule has 7 heteroatoms. The lowest BCUT2D eigenvalue weighted by molar-refractivity contribution is 0.313. The second kappa shape index (κ2) is 7.52. The first kappa shape index (κ1) is 14.3. The summed E-state index contributed by atoms with van der Waals surface area (Å²) in [7, 11) is 0. The van der Waals surface area contributed by atoms with Crippen molar-refractivity contribution in [3.63, 3.8) is 0 Å². The highest BCUT2D eigenvalue weighted by Gasteiger charge is 2.01. The molecule has 0 fully saturated rings. The molecule has 0 unspecified atom stereocenters. The lowest BCUT2D eigenvalue weighted by atomic mass is 10.2. The Morgan fingerprint density at radius 3 is 2.33 bits per heavy atom. The van der Waals surface area contributed by atoms with Crippen molar-refractivity contribution < 1.29 is 4.74 Å². The van der Waals surface area contributed by atoms with Gasteiger partial charge in [0, 0.05) is 5.56 Å². The lowest BCUT2D eigenvalue weighted by Gasteiger charge is -2.05. The van der Waals surface area contributed by atoms with E-state index in [2.05, 4.69) is 20.4 Å². The maximum atomic E-state index is 5.49. The molecule has 0 saturated carbocycles. The summed E-state index contributed by atoms with van der Waals surface area (Å²) in [5.41, 5.74) is 6.24. The first-order valence-electron chi connectivity index (χ1n) is 5.34. The minimum absolute atomic E-state index is 0. The van der Waals surface area contributed by atoms with Gasteiger partial charge in [0.2, 0.25) is 5.82 Å². The molecule has 0 radical (unpaired) electrons. The fourth-order valence-electron chi connectivity index (χ4n) is 1.29. The van der Waals surface area contributed by atoms with Gasteiger partial charge in [-0.05, 0) is 37.2 Å². The van der Waals surface area contributed by atoms with Crippen LogP contribution < -0.4 is 10.5 Å². The van der Waals surface area contributed by atoms with Crippen LogP contribution in [0.4, 0.5) is 0 Å². The van der Waals surface area contributed by atoms with Gasteiger partial charge in [-0.25, -0.2) is 0 Å². The van der Waals surface area contributed by atoms with E-state index in [0.29, 0.717) is 19.0 Å². The van der Waals surface area contributed by atoms with Crippen LogP contribution in [0.3, 0.4) is 0 Å². The monoisotopic (exact) mass is 267 g/mol. The van der Waals surface area contributed by atoms with Gasteiger partial charge in [0.25, 0.3) is 0 Å². The molecule has 0 amide bonds. The zero-order chi connectivity index (χ0) is 11.9. The van der Waals surface area contributed by atoms with Crippen molar-refractivity contribution >= 4 is 12.4 Å². The Balaban J connectivity index is 0.00000162. The van der Waals surface area contributed by atoms with E-state index >= 15 is 0 Å². The largest absolute Gasteiger partial charge is 0.494 e. The van der Waals surface area contributed by atoms with E-state index < -0.39 is 0 Å². The second-order valence-electron chi connectivity index (χ2n) is 3.39. The molecule has 2 aromatic rings. The predicted molar refractivity (Wildman–Crippen MR) is 69.5 cm³/mol. The summed E-state index contributed by atoms with van der Waals surface area (Å²) in [5.74, 6) is 1.31. The van der Waals surface area contributed by atoms with Crippen LogP contribution in [0.1, 0.15) is 6.42 Å². The minimum Gasteiger partial charge on any atom is -0.494 e. The summed E-state index contributed by atoms with van der Waals surface area (Å²) in [6.07, 6.45) is 2.14. The van der Waals surface area contributed by atoms with Gasteiger partial charge in [0.1, 0.15) is 5.75 Å². The van der Waals surface area contributed by atoms with Gasteiger partial charge in [-0.15, -0.1) is 32.8 Å². The van der Waals surface area contributed by atoms with Crippen molar-refractivity contribution in [1.29, 1.82) is 0 Å². The molecule has 0 aliphatic heterocycles. The van der Waals surface area contributed by atoms with Gasteiger partial charge < -0.3 is 10.5 Å². The average Bonchev–Trinajstić information content (AvgIpc) is 2.41. The van der Waals surface area contributed by atoms with E-state index in [1.807, 2.05) is 24.3 Å². The number of nitrogens with zero attached hydrogens (tertiary/aromatic N) is 4. The molecule has 6 nitrogen and oxygen atoms in total. The van der Waals surface area contributed by atoms with E-state index in [-0.39, 0.29) is 12.4 Å². The molecule has 2 rings (SSSR count). The molecule has 0 aliphatic rings. The fraction of sp³-hybridized carbons (Fsp3) is 0.273. The minimum atomic E-state index is 0. The van der Waals surface area contributed by atoms with Gasteiger partial charge in [0.15, 0.2) is 6.33 Å². The van der Waals surface area contributed by atoms with Gasteiger partial charge in [-0.2, -0.15) is 0 Å². The van der Waals surface area contributed by atoms with E-state index in [4.69, 9.17) is 10.5 Å². The predicted octanol–water partition coefficient (Wildman–Crippen LogP) is 1.08. The van der Waals surface area contributed by atoms with Gasteiger partial charge in [0.05, 0.1) is 6.61 Å². The lowest BCUT2D eigenvalue weighted by Crippen LogP contribution is -2.05. The third-order valence-electron chi connectivity index (χ3n) is 2.14. The number of ether oxygens (including phenoxy) is 1. The van der Waals surface area contributed by atoms with Crippen molar-refractivity contribution in [2.75, 3.05) is 13.2 Å². The van der Waals surface area contributed by atoms with Crippen LogP contribution in [0.5, 0.6) is 5.75 Å². The summed E-state index contributed by atoms with van der Waals surface area (Å²) in [6.45, 7) is 1.26. The highest BCUT2D eigenvalue weighted by molar-refractivity contribution is 5.85. The van der Waals surface area contributed by atoms with Crippen LogP contribution >= 0.6 is 12.4 Å². The molecule has 1 aromatic carbocycles. The Bertz CT molecular complexity index is 451. The fourth-order valence-corrected chi connectivity index (χ4v) is 1.29. The number of hydrogen-bond donors (Lipinski definition) is 1. The number of benzene rings is 1. The summed E-state index contributed by atoms with van der Waals surface area (Å²) >= 11 is 0. The Morgan fingerprint density at radius 2 is 1.72 bits per heavy atom. The Labute approximate surface area is 111 Å². The van der Waals surface area contributed by atoms with Crippen LogP contribution in [0.15, 0.2) is 30.6 Å². The molecule has 0 saturated heterocycles. The molecule has 0 spiro atoms. The smallest absolute Gasteiger partial charge is 0.203 e. The standard InChI is InChI=1S/C11H13N5O.ClH/c12-6-1-7-17-10-4-2-9(3-5-10)11-15-13-8-14-16-11;/h2-5,8H,1,6-7,12H2;1H. The van der Waals surface area contributed by atoms with Crippen molar-refractivity contribution in [1.82, 2.24) is 20.4 Å². The maximum absolute atomic E-state index is 5.49. The summed E-state index contributed by atoms with van der Waals surface area (Å²) in [5, 5.41) is 15.1. The molecule has 96 valence electrons. The summed E-state index contributed by atoms with van der Waals surface area (Å²) < 4.78 is 5.49. The Kier molecular flexibility index (Phi) is 5.96. The normalized spacial score (nSPS) is 9.61. The number of aromatic nitrogens is 4. The Hall–Kier alpha value is -1.79. The molecular formula is C11H14ClN5O. The van der Waals surface area contributed by atoms with E-state index in [1.165, 1.54) is 6.33 Å². The maximum Gasteiger partial charge on any atom is 0.203 e. The average molecular weight is 268 g/mol. The van der Waals surface area contributed by atoms with E-state index in [9.17, 15) is 0 Å². The molecule has 18 heavy (non-hydrogen) atoms. The van der Waals surface area contributed by atoms with Gasteiger partial charge >= 0.3 is 0 Å². The first-order valence-corrected chi connectivity index (χ1v) is 5.34. The van der Waals surface area contributed by atoms with Crippen LogP contribution in [0.25, 0.3) is 11.4 Å². The molecular weight excluding hydrogens is 254 g/mol. The number of nitrogens with two attached hydrogens (primary N) is 1. The number of rotatable bonds is 5. The van der Waals surface area contributed by atoms with E-state index in [1.54, 1.807) is 0 Å². The zero-order valence-corrected chi connectivity index (χ0v) is 10.5. The highest BCUT2D eigenvalue weighted by Crippen LogP contribution is 2.18. The third-order valence-corrected chi connectivity index (χ3v) is 2.14. The van der Waals surface area contributed by atoms with Crippen LogP contribution in [-0.4, -0.2) is 33.5 Å². The topological polar surface area (TPSA) is 86.8 Å². The summed E-state index contributed by atoms with van der Waals surface area (Å²) in [4.78, 5) is 0. The molecule has 2 N–H and O–H groups in total. The Morgan fingerprint density at radius 1 is 1.06 bits per heavy atom. The van der Waals surface area contributed by atoms with Gasteiger partial charge in [-0.3, -0.25) is 0 Å². The van der Waals surface area contributed by atoms with Crippen LogP contribution in [0, 0.1) is 0 Å².